The van der Waals surface area contributed by atoms with Crippen LogP contribution in [0.15, 0.2) is 0 Å². The fourth-order valence-electron chi connectivity index (χ4n) is 0.906. The summed E-state index contributed by atoms with van der Waals surface area (Å²) in [5.41, 5.74) is 0. The molecule has 1 heterocycles. The van der Waals surface area contributed by atoms with Crippen LogP contribution in [-0.4, -0.2) is 29.5 Å². The Kier molecular flexibility index (Phi) is 4.98. The maximum Gasteiger partial charge on any atom is 0.434 e. The first kappa shape index (κ1) is 17.1. The van der Waals surface area contributed by atoms with Crippen LogP contribution in [0.4, 0.5) is 37.0 Å². The van der Waals surface area contributed by atoms with Crippen LogP contribution in [-0.2, 0) is 4.74 Å². The molecule has 1 aromatic heterocycles. The lowest BCUT2D eigenvalue weighted by Crippen LogP contribution is -2.46. The molecular weight excluding hydrogens is 361 g/mol. The summed E-state index contributed by atoms with van der Waals surface area (Å²) in [5, 5.41) is 1.53. The highest BCUT2D eigenvalue weighted by molar-refractivity contribution is 7.20. The molecule has 114 valence electrons. The summed E-state index contributed by atoms with van der Waals surface area (Å²) < 4.78 is 75.6. The van der Waals surface area contributed by atoms with Crippen molar-refractivity contribution in [2.24, 2.45) is 0 Å². The second-order valence-corrected chi connectivity index (χ2v) is 5.27. The number of rotatable bonds is 2. The zero-order valence-electron chi connectivity index (χ0n) is 8.77. The largest absolute Gasteiger partial charge is 0.434 e. The molecule has 0 aromatic carbocycles. The first-order chi connectivity index (χ1) is 8.91. The number of aromatic nitrogens is 1. The van der Waals surface area contributed by atoms with Crippen molar-refractivity contribution in [2.75, 3.05) is 5.32 Å². The van der Waals surface area contributed by atoms with E-state index in [1.54, 1.807) is 0 Å². The van der Waals surface area contributed by atoms with E-state index in [2.05, 4.69) is 9.72 Å². The summed E-state index contributed by atoms with van der Waals surface area (Å²) in [6.45, 7) is 0. The van der Waals surface area contributed by atoms with E-state index in [0.29, 0.717) is 11.3 Å². The molecule has 0 aliphatic heterocycles. The Bertz CT molecular complexity index is 488. The van der Waals surface area contributed by atoms with Crippen molar-refractivity contribution in [3.8, 4) is 0 Å². The number of halogens is 8. The Labute approximate surface area is 120 Å². The van der Waals surface area contributed by atoms with Crippen molar-refractivity contribution in [1.82, 2.24) is 4.98 Å². The van der Waals surface area contributed by atoms with Crippen LogP contribution in [0.1, 0.15) is 0 Å². The van der Waals surface area contributed by atoms with E-state index in [4.69, 9.17) is 23.2 Å². The highest BCUT2D eigenvalue weighted by Gasteiger charge is 2.60. The minimum Gasteiger partial charge on any atom is -0.426 e. The maximum absolute atomic E-state index is 12.1. The van der Waals surface area contributed by atoms with E-state index in [-0.39, 0.29) is 8.80 Å². The normalized spacial score (nSPS) is 12.7. The summed E-state index contributed by atoms with van der Waals surface area (Å²) in [4.78, 5) is 14.4. The minimum atomic E-state index is -5.81. The van der Waals surface area contributed by atoms with Gasteiger partial charge in [0.05, 0.1) is 0 Å². The van der Waals surface area contributed by atoms with Gasteiger partial charge in [0.25, 0.3) is 6.10 Å². The van der Waals surface area contributed by atoms with Crippen LogP contribution in [0, 0.1) is 0 Å². The van der Waals surface area contributed by atoms with E-state index in [1.807, 2.05) is 0 Å². The van der Waals surface area contributed by atoms with Gasteiger partial charge in [-0.15, -0.1) is 0 Å². The summed E-state index contributed by atoms with van der Waals surface area (Å²) in [6.07, 6.45) is -17.9. The minimum absolute atomic E-state index is 0.173. The van der Waals surface area contributed by atoms with Gasteiger partial charge in [-0.2, -0.15) is 26.3 Å². The number of anilines is 1. The Morgan fingerprint density at radius 2 is 1.70 bits per heavy atom. The van der Waals surface area contributed by atoms with Gasteiger partial charge >= 0.3 is 18.4 Å². The predicted octanol–water partition coefficient (Wildman–Crippen LogP) is 4.49. The highest BCUT2D eigenvalue weighted by Crippen LogP contribution is 2.36. The Morgan fingerprint density at radius 3 is 2.05 bits per heavy atom. The Hall–Kier alpha value is -0.940. The fraction of sp³-hybridized carbons (Fsp3) is 0.429. The summed E-state index contributed by atoms with van der Waals surface area (Å²) in [7, 11) is 0. The van der Waals surface area contributed by atoms with Crippen LogP contribution >= 0.6 is 34.5 Å². The predicted molar refractivity (Wildman–Crippen MR) is 58.1 cm³/mol. The molecule has 0 spiro atoms. The molecule has 0 aliphatic carbocycles. The number of hydrogen-bond donors (Lipinski definition) is 1. The van der Waals surface area contributed by atoms with Gasteiger partial charge in [-0.3, -0.25) is 5.32 Å². The second-order valence-electron chi connectivity index (χ2n) is 3.08. The van der Waals surface area contributed by atoms with Crippen molar-refractivity contribution in [3.63, 3.8) is 0 Å². The summed E-state index contributed by atoms with van der Waals surface area (Å²) in [6, 6.07) is 0. The van der Waals surface area contributed by atoms with Crippen LogP contribution in [0.5, 0.6) is 0 Å². The SMILES string of the molecule is O=C(Nc1nc(Cl)sc1Cl)OC(C(F)(F)F)C(F)(F)F. The molecule has 20 heavy (non-hydrogen) atoms. The van der Waals surface area contributed by atoms with Gasteiger partial charge in [-0.05, 0) is 0 Å². The van der Waals surface area contributed by atoms with Gasteiger partial charge < -0.3 is 4.74 Å². The number of amides is 1. The Morgan fingerprint density at radius 1 is 1.20 bits per heavy atom. The van der Waals surface area contributed by atoms with Crippen molar-refractivity contribution in [2.45, 2.75) is 18.5 Å². The molecule has 0 radical (unpaired) electrons. The average Bonchev–Trinajstić information content (AvgIpc) is 2.50. The Balaban J connectivity index is 2.80. The number of nitrogens with zero attached hydrogens (tertiary/aromatic N) is 1. The van der Waals surface area contributed by atoms with Crippen molar-refractivity contribution >= 4 is 46.4 Å². The molecular formula is C7H2Cl2F6N2O2S. The van der Waals surface area contributed by atoms with E-state index in [0.717, 1.165) is 0 Å². The highest BCUT2D eigenvalue weighted by atomic mass is 35.5. The van der Waals surface area contributed by atoms with Crippen molar-refractivity contribution in [3.05, 3.63) is 8.80 Å². The van der Waals surface area contributed by atoms with Gasteiger partial charge in [0.1, 0.15) is 4.34 Å². The van der Waals surface area contributed by atoms with E-state index in [9.17, 15) is 31.1 Å². The van der Waals surface area contributed by atoms with Gasteiger partial charge in [0, 0.05) is 0 Å². The topological polar surface area (TPSA) is 51.2 Å². The van der Waals surface area contributed by atoms with Gasteiger partial charge in [0.15, 0.2) is 10.3 Å². The standard InChI is InChI=1S/C7H2Cl2F6N2O2S/c8-1-2(16-4(9)20-1)17-5(18)19-3(6(10,11)12)7(13,14)15/h3H,(H,17,18). The van der Waals surface area contributed by atoms with Crippen molar-refractivity contribution in [1.29, 1.82) is 0 Å². The number of carbonyl (C=O) groups excluding carboxylic acids is 1. The van der Waals surface area contributed by atoms with Crippen LogP contribution in [0.25, 0.3) is 0 Å². The number of alkyl halides is 6. The average molecular weight is 363 g/mol. The maximum atomic E-state index is 12.1. The van der Waals surface area contributed by atoms with Gasteiger partial charge in [-0.25, -0.2) is 9.78 Å². The van der Waals surface area contributed by atoms with E-state index >= 15 is 0 Å². The fourth-order valence-corrected chi connectivity index (χ4v) is 2.13. The lowest BCUT2D eigenvalue weighted by molar-refractivity contribution is -0.306. The lowest BCUT2D eigenvalue weighted by atomic mass is 10.3. The first-order valence-electron chi connectivity index (χ1n) is 4.34. The van der Waals surface area contributed by atoms with Gasteiger partial charge in [-0.1, -0.05) is 34.5 Å². The number of ether oxygens (including phenoxy) is 1. The zero-order valence-corrected chi connectivity index (χ0v) is 11.1. The monoisotopic (exact) mass is 362 g/mol. The number of thiazole rings is 1. The third-order valence-electron chi connectivity index (χ3n) is 1.60. The van der Waals surface area contributed by atoms with E-state index < -0.39 is 30.4 Å². The van der Waals surface area contributed by atoms with Crippen molar-refractivity contribution < 1.29 is 35.9 Å². The molecule has 0 fully saturated rings. The zero-order chi connectivity index (χ0) is 15.7. The first-order valence-corrected chi connectivity index (χ1v) is 5.91. The molecule has 13 heteroatoms. The number of hydrogen-bond acceptors (Lipinski definition) is 4. The molecule has 0 aliphatic rings. The number of carbonyl (C=O) groups is 1. The molecule has 0 saturated heterocycles. The molecule has 0 saturated carbocycles. The van der Waals surface area contributed by atoms with Crippen LogP contribution < -0.4 is 5.32 Å². The molecule has 0 bridgehead atoms. The number of nitrogens with one attached hydrogen (secondary N) is 1. The molecule has 1 N–H and O–H groups in total. The third kappa shape index (κ3) is 4.56. The van der Waals surface area contributed by atoms with Crippen LogP contribution in [0.3, 0.4) is 0 Å². The van der Waals surface area contributed by atoms with Crippen LogP contribution in [0.2, 0.25) is 8.80 Å². The molecule has 4 nitrogen and oxygen atoms in total. The van der Waals surface area contributed by atoms with Gasteiger partial charge in [0.2, 0.25) is 0 Å². The molecule has 0 atom stereocenters. The quantitative estimate of drug-likeness (QED) is 0.788. The molecule has 1 aromatic rings. The lowest BCUT2D eigenvalue weighted by Gasteiger charge is -2.22. The summed E-state index contributed by atoms with van der Waals surface area (Å²) in [5.74, 6) is -0.505. The smallest absolute Gasteiger partial charge is 0.426 e. The third-order valence-corrected chi connectivity index (χ3v) is 2.96. The molecule has 0 unspecified atom stereocenters. The van der Waals surface area contributed by atoms with E-state index in [1.165, 1.54) is 5.32 Å². The second kappa shape index (κ2) is 5.82. The molecule has 1 rings (SSSR count). The summed E-state index contributed by atoms with van der Waals surface area (Å²) >= 11 is 11.5. The molecule has 1 amide bonds.